The number of carboxylic acid groups (broad SMARTS) is 1. The molecule has 0 aliphatic carbocycles. The summed E-state index contributed by atoms with van der Waals surface area (Å²) in [6.45, 7) is 8.28. The van der Waals surface area contributed by atoms with E-state index in [4.69, 9.17) is 9.90 Å². The van der Waals surface area contributed by atoms with Gasteiger partial charge in [-0.2, -0.15) is 13.2 Å². The van der Waals surface area contributed by atoms with E-state index in [-0.39, 0.29) is 41.9 Å². The number of likely N-dealkylation sites (tertiary alicyclic amines) is 1. The molecule has 19 heteroatoms. The second-order valence-electron chi connectivity index (χ2n) is 17.5. The van der Waals surface area contributed by atoms with Gasteiger partial charge in [-0.3, -0.25) is 38.5 Å². The maximum absolute atomic E-state index is 13.1. The molecule has 1 aromatic heterocycles. The summed E-state index contributed by atoms with van der Waals surface area (Å²) in [5.74, 6) is -4.45. The van der Waals surface area contributed by atoms with Gasteiger partial charge in [-0.05, 0) is 87.3 Å². The molecule has 5 rings (SSSR count). The van der Waals surface area contributed by atoms with Crippen molar-refractivity contribution < 1.29 is 61.2 Å². The summed E-state index contributed by atoms with van der Waals surface area (Å²) >= 11 is 0. The smallest absolute Gasteiger partial charge is 0.430 e. The Kier molecular flexibility index (Phi) is 21.9. The summed E-state index contributed by atoms with van der Waals surface area (Å²) in [6.07, 6.45) is 11.6. The van der Waals surface area contributed by atoms with E-state index in [9.17, 15) is 46.7 Å². The molecule has 7 amide bonds. The second-order valence-corrected chi connectivity index (χ2v) is 17.5. The van der Waals surface area contributed by atoms with Crippen LogP contribution in [0.3, 0.4) is 0 Å². The summed E-state index contributed by atoms with van der Waals surface area (Å²) in [4.78, 5) is 99.3. The Hall–Kier alpha value is -7.18. The van der Waals surface area contributed by atoms with Gasteiger partial charge in [0.15, 0.2) is 18.9 Å². The number of hydrogen-bond acceptors (Lipinski definition) is 9. The molecule has 1 saturated heterocycles. The van der Waals surface area contributed by atoms with Gasteiger partial charge >= 0.3 is 6.18 Å². The SMILES string of the molecule is CC(C)[C@H](NC(=O)CCCCCN1C(=O)C=CC1=O)C(=O)N[C@@H](C)C(=O)Nc1ccc(C[n+]2cccc(/C=C/C(=O)NCCCCC3CCN(C(=O)c4ccccc4)CC3)c2)cc1.O=C([O-])C(F)(F)F. The molecule has 376 valence electrons. The number of imide groups is 1. The number of anilines is 1. The molecular formula is C51H62F3N7O9. The first-order valence-electron chi connectivity index (χ1n) is 23.4. The van der Waals surface area contributed by atoms with Crippen molar-refractivity contribution in [3.8, 4) is 0 Å². The molecule has 2 atom stereocenters. The molecule has 0 spiro atoms. The molecule has 3 aromatic rings. The van der Waals surface area contributed by atoms with Crippen LogP contribution in [-0.2, 0) is 40.1 Å². The molecule has 0 unspecified atom stereocenters. The zero-order valence-electron chi connectivity index (χ0n) is 39.7. The molecule has 3 heterocycles. The van der Waals surface area contributed by atoms with Crippen molar-refractivity contribution >= 4 is 59.1 Å². The second kappa shape index (κ2) is 27.7. The number of nitrogens with one attached hydrogen (secondary N) is 4. The van der Waals surface area contributed by atoms with Gasteiger partial charge in [-0.15, -0.1) is 0 Å². The molecule has 4 N–H and O–H groups in total. The number of rotatable bonds is 22. The lowest BCUT2D eigenvalue weighted by molar-refractivity contribution is -0.688. The Labute approximate surface area is 405 Å². The summed E-state index contributed by atoms with van der Waals surface area (Å²) < 4.78 is 33.6. The van der Waals surface area contributed by atoms with E-state index in [1.807, 2.05) is 90.3 Å². The van der Waals surface area contributed by atoms with Crippen LogP contribution in [0.5, 0.6) is 0 Å². The highest BCUT2D eigenvalue weighted by atomic mass is 19.4. The quantitative estimate of drug-likeness (QED) is 0.0490. The number of halogens is 3. The van der Waals surface area contributed by atoms with Gasteiger partial charge in [0.2, 0.25) is 23.6 Å². The Morgan fingerprint density at radius 3 is 2.10 bits per heavy atom. The van der Waals surface area contributed by atoms with Crippen LogP contribution in [-0.4, -0.2) is 102 Å². The van der Waals surface area contributed by atoms with Crippen molar-refractivity contribution in [1.82, 2.24) is 25.8 Å². The number of alkyl halides is 3. The molecular weight excluding hydrogens is 912 g/mol. The molecule has 16 nitrogen and oxygen atoms in total. The van der Waals surface area contributed by atoms with Gasteiger partial charge in [0.05, 0.1) is 0 Å². The lowest BCUT2D eigenvalue weighted by Gasteiger charge is -2.32. The van der Waals surface area contributed by atoms with Crippen LogP contribution >= 0.6 is 0 Å². The molecule has 2 aliphatic heterocycles. The normalized spacial score (nSPS) is 14.7. The van der Waals surface area contributed by atoms with Crippen molar-refractivity contribution in [2.75, 3.05) is 31.5 Å². The fourth-order valence-corrected chi connectivity index (χ4v) is 7.62. The number of aromatic nitrogens is 1. The minimum Gasteiger partial charge on any atom is -0.542 e. The predicted molar refractivity (Wildman–Crippen MR) is 252 cm³/mol. The number of benzene rings is 2. The molecule has 2 aliphatic rings. The van der Waals surface area contributed by atoms with Gasteiger partial charge < -0.3 is 36.1 Å². The molecule has 70 heavy (non-hydrogen) atoms. The number of aliphatic carboxylic acids is 1. The standard InChI is InChI=1S/C49H61N7O7.C2HF3O2/c1-35(2)46(53-43(58)17-8-5-11-30-56-44(59)24-25-45(56)60)48(62)51-36(3)47(61)52-41-21-18-39(19-22-41)34-54-29-12-14-38(33-54)20-23-42(57)50-28-10-9-13-37-26-31-55(32-27-37)49(63)40-15-6-4-7-16-40;3-2(4,5)1(6)7/h4,6-7,12,14-16,18-25,29,33,35-37,46H,5,8-11,13,17,26-28,30-32,34H2,1-3H3,(H3-,50,51,52,53,57,58,61,62);(H,6,7)/b23-20+;/t36-,46-;/m0./s1. The highest BCUT2D eigenvalue weighted by molar-refractivity contribution is 6.12. The first kappa shape index (κ1) is 55.4. The molecule has 2 aromatic carbocycles. The van der Waals surface area contributed by atoms with E-state index in [1.165, 1.54) is 17.1 Å². The Morgan fingerprint density at radius 2 is 1.47 bits per heavy atom. The summed E-state index contributed by atoms with van der Waals surface area (Å²) in [7, 11) is 0. The van der Waals surface area contributed by atoms with Crippen LogP contribution in [0, 0.1) is 11.8 Å². The minimum absolute atomic E-state index is 0.111. The number of nitrogens with zero attached hydrogens (tertiary/aromatic N) is 3. The number of piperidine rings is 1. The highest BCUT2D eigenvalue weighted by Crippen LogP contribution is 2.24. The highest BCUT2D eigenvalue weighted by Gasteiger charge is 2.29. The lowest BCUT2D eigenvalue weighted by Crippen LogP contribution is -2.53. The zero-order chi connectivity index (χ0) is 51.2. The Balaban J connectivity index is 0.00000141. The van der Waals surface area contributed by atoms with Crippen molar-refractivity contribution in [1.29, 1.82) is 0 Å². The maximum atomic E-state index is 13.1. The van der Waals surface area contributed by atoms with E-state index in [1.54, 1.807) is 31.2 Å². The maximum Gasteiger partial charge on any atom is 0.430 e. The summed E-state index contributed by atoms with van der Waals surface area (Å²) in [6, 6.07) is 19.0. The van der Waals surface area contributed by atoms with E-state index < -0.39 is 36.0 Å². The first-order chi connectivity index (χ1) is 33.3. The van der Waals surface area contributed by atoms with E-state index in [0.29, 0.717) is 50.5 Å². The number of pyridine rings is 1. The minimum atomic E-state index is -5.19. The molecule has 1 fully saturated rings. The summed E-state index contributed by atoms with van der Waals surface area (Å²) in [5, 5.41) is 20.1. The number of amides is 7. The average molecular weight is 974 g/mol. The van der Waals surface area contributed by atoms with Crippen LogP contribution in [0.25, 0.3) is 6.08 Å². The third-order valence-electron chi connectivity index (χ3n) is 11.6. The van der Waals surface area contributed by atoms with Crippen LogP contribution in [0.15, 0.2) is 97.4 Å². The van der Waals surface area contributed by atoms with Crippen LogP contribution in [0.1, 0.15) is 100 Å². The van der Waals surface area contributed by atoms with Crippen molar-refractivity contribution in [3.05, 3.63) is 114 Å². The fourth-order valence-electron chi connectivity index (χ4n) is 7.62. The number of carbonyl (C=O) groups is 8. The number of carboxylic acids is 1. The van der Waals surface area contributed by atoms with Gasteiger partial charge in [-0.25, -0.2) is 4.57 Å². The summed E-state index contributed by atoms with van der Waals surface area (Å²) in [5.41, 5.74) is 3.19. The van der Waals surface area contributed by atoms with Crippen LogP contribution in [0.4, 0.5) is 18.9 Å². The topological polar surface area (TPSA) is 218 Å². The van der Waals surface area contributed by atoms with E-state index >= 15 is 0 Å². The third-order valence-corrected chi connectivity index (χ3v) is 11.6. The molecule has 0 radical (unpaired) electrons. The predicted octanol–water partition coefficient (Wildman–Crippen LogP) is 4.24. The van der Waals surface area contributed by atoms with Gasteiger partial charge in [-0.1, -0.05) is 63.4 Å². The van der Waals surface area contributed by atoms with Crippen molar-refractivity contribution in [3.63, 3.8) is 0 Å². The van der Waals surface area contributed by atoms with E-state index in [0.717, 1.165) is 61.9 Å². The molecule has 0 saturated carbocycles. The van der Waals surface area contributed by atoms with Gasteiger partial charge in [0.25, 0.3) is 17.7 Å². The van der Waals surface area contributed by atoms with Crippen LogP contribution in [0.2, 0.25) is 0 Å². The number of hydrogen-bond donors (Lipinski definition) is 4. The van der Waals surface area contributed by atoms with Gasteiger partial charge in [0, 0.05) is 79.3 Å². The lowest BCUT2D eigenvalue weighted by atomic mass is 9.91. The Morgan fingerprint density at radius 1 is 0.814 bits per heavy atom. The average Bonchev–Trinajstić information content (AvgIpc) is 3.65. The fraction of sp³-hybridized carbons (Fsp3) is 0.431. The van der Waals surface area contributed by atoms with Crippen molar-refractivity contribution in [2.24, 2.45) is 11.8 Å². The molecule has 0 bridgehead atoms. The Bertz CT molecular complexity index is 2310. The van der Waals surface area contributed by atoms with E-state index in [2.05, 4.69) is 21.3 Å². The third kappa shape index (κ3) is 19.1. The number of carbonyl (C=O) groups excluding carboxylic acids is 8. The van der Waals surface area contributed by atoms with Crippen LogP contribution < -0.4 is 30.9 Å². The van der Waals surface area contributed by atoms with Crippen molar-refractivity contribution in [2.45, 2.75) is 103 Å². The van der Waals surface area contributed by atoms with Gasteiger partial charge in [0.1, 0.15) is 18.1 Å². The number of unbranched alkanes of at least 4 members (excludes halogenated alkanes) is 3. The first-order valence-corrected chi connectivity index (χ1v) is 23.4. The monoisotopic (exact) mass is 973 g/mol. The largest absolute Gasteiger partial charge is 0.542 e. The zero-order valence-corrected chi connectivity index (χ0v) is 39.7.